The van der Waals surface area contributed by atoms with Crippen molar-refractivity contribution in [3.63, 3.8) is 0 Å². The number of hydrogen-bond donors (Lipinski definition) is 0. The van der Waals surface area contributed by atoms with Crippen molar-refractivity contribution in [3.8, 4) is 17.2 Å². The molecule has 0 spiro atoms. The number of nitrogens with zero attached hydrogens (tertiary/aromatic N) is 1. The first-order valence-corrected chi connectivity index (χ1v) is 9.69. The average Bonchev–Trinajstić information content (AvgIpc) is 3.29. The molecule has 3 fully saturated rings. The van der Waals surface area contributed by atoms with E-state index in [1.54, 1.807) is 14.2 Å². The lowest BCUT2D eigenvalue weighted by molar-refractivity contribution is -0.149. The van der Waals surface area contributed by atoms with Crippen LogP contribution in [0.2, 0.25) is 0 Å². The monoisotopic (exact) mass is 389 g/mol. The molecular formula is C20H23NO7. The van der Waals surface area contributed by atoms with E-state index in [1.807, 2.05) is 0 Å². The van der Waals surface area contributed by atoms with Crippen molar-refractivity contribution in [2.24, 2.45) is 0 Å². The van der Waals surface area contributed by atoms with Crippen LogP contribution in [0.1, 0.15) is 24.5 Å². The van der Waals surface area contributed by atoms with E-state index in [1.165, 1.54) is 6.92 Å². The number of epoxide rings is 1. The molecular weight excluding hydrogens is 366 g/mol. The summed E-state index contributed by atoms with van der Waals surface area (Å²) in [5.41, 5.74) is 1.72. The van der Waals surface area contributed by atoms with Gasteiger partial charge in [-0.05, 0) is 18.1 Å². The summed E-state index contributed by atoms with van der Waals surface area (Å²) in [4.78, 5) is 14.3. The third kappa shape index (κ3) is 1.88. The van der Waals surface area contributed by atoms with Crippen LogP contribution in [0.15, 0.2) is 6.07 Å². The van der Waals surface area contributed by atoms with Crippen LogP contribution in [0.4, 0.5) is 0 Å². The average molecular weight is 389 g/mol. The van der Waals surface area contributed by atoms with Gasteiger partial charge in [0.25, 0.3) is 0 Å². The van der Waals surface area contributed by atoms with Gasteiger partial charge < -0.3 is 28.4 Å². The van der Waals surface area contributed by atoms with Gasteiger partial charge in [-0.2, -0.15) is 0 Å². The number of benzene rings is 1. The summed E-state index contributed by atoms with van der Waals surface area (Å²) in [7, 11) is 3.39. The lowest BCUT2D eigenvalue weighted by Crippen LogP contribution is -2.59. The second-order valence-corrected chi connectivity index (χ2v) is 8.18. The first kappa shape index (κ1) is 16.9. The Kier molecular flexibility index (Phi) is 3.33. The van der Waals surface area contributed by atoms with Crippen LogP contribution in [-0.4, -0.2) is 68.9 Å². The smallest absolute Gasteiger partial charge is 0.302 e. The molecule has 2 bridgehead atoms. The summed E-state index contributed by atoms with van der Waals surface area (Å²) in [5.74, 6) is 1.77. The Hall–Kier alpha value is -2.03. The van der Waals surface area contributed by atoms with Crippen molar-refractivity contribution < 1.29 is 33.2 Å². The first-order valence-electron chi connectivity index (χ1n) is 9.69. The van der Waals surface area contributed by atoms with Crippen molar-refractivity contribution in [1.82, 2.24) is 4.90 Å². The Morgan fingerprint density at radius 1 is 1.32 bits per heavy atom. The Morgan fingerprint density at radius 2 is 2.18 bits per heavy atom. The molecule has 150 valence electrons. The molecule has 1 aliphatic carbocycles. The molecule has 4 heterocycles. The molecule has 7 unspecified atom stereocenters. The maximum Gasteiger partial charge on any atom is 0.302 e. The highest BCUT2D eigenvalue weighted by atomic mass is 16.7. The van der Waals surface area contributed by atoms with Crippen molar-refractivity contribution in [3.05, 3.63) is 17.2 Å². The molecule has 5 aliphatic rings. The third-order valence-corrected chi connectivity index (χ3v) is 7.11. The fourth-order valence-electron chi connectivity index (χ4n) is 6.13. The maximum atomic E-state index is 11.9. The molecule has 8 heteroatoms. The predicted molar refractivity (Wildman–Crippen MR) is 94.6 cm³/mol. The van der Waals surface area contributed by atoms with Gasteiger partial charge in [-0.3, -0.25) is 9.69 Å². The summed E-state index contributed by atoms with van der Waals surface area (Å²) in [6.07, 6.45) is 0.565. The van der Waals surface area contributed by atoms with Gasteiger partial charge in [-0.15, -0.1) is 0 Å². The molecule has 1 aromatic carbocycles. The van der Waals surface area contributed by atoms with E-state index in [2.05, 4.69) is 11.0 Å². The standard InChI is InChI=1S/C20H23NO7/c1-9(22)27-15-7-21-6-10-11(4-13-17(16(10)24-3)26-8-25-13)20(15)14(21)5-12(23-2)18-19(20)28-18/h4,12,14-15,18-19H,5-8H2,1-3H3. The molecule has 0 amide bonds. The number of esters is 1. The molecule has 8 nitrogen and oxygen atoms in total. The third-order valence-electron chi connectivity index (χ3n) is 7.11. The number of carbonyl (C=O) groups is 1. The molecule has 0 radical (unpaired) electrons. The summed E-state index contributed by atoms with van der Waals surface area (Å²) in [5, 5.41) is 0. The highest BCUT2D eigenvalue weighted by molar-refractivity contribution is 5.68. The summed E-state index contributed by atoms with van der Waals surface area (Å²) in [6, 6.07) is 2.22. The fraction of sp³-hybridized carbons (Fsp3) is 0.650. The zero-order valence-corrected chi connectivity index (χ0v) is 16.1. The van der Waals surface area contributed by atoms with Gasteiger partial charge in [0.15, 0.2) is 11.5 Å². The van der Waals surface area contributed by atoms with Crippen LogP contribution in [0, 0.1) is 0 Å². The Balaban J connectivity index is 1.58. The Labute approximate surface area is 162 Å². The van der Waals surface area contributed by atoms with E-state index in [0.29, 0.717) is 30.3 Å². The minimum Gasteiger partial charge on any atom is -0.492 e. The lowest BCUT2D eigenvalue weighted by atomic mass is 9.61. The van der Waals surface area contributed by atoms with E-state index in [-0.39, 0.29) is 43.2 Å². The molecule has 28 heavy (non-hydrogen) atoms. The van der Waals surface area contributed by atoms with Crippen LogP contribution < -0.4 is 14.2 Å². The molecule has 1 saturated carbocycles. The number of ether oxygens (including phenoxy) is 6. The molecule has 0 N–H and O–H groups in total. The van der Waals surface area contributed by atoms with E-state index < -0.39 is 5.41 Å². The minimum atomic E-state index is -0.451. The molecule has 7 atom stereocenters. The second kappa shape index (κ2) is 5.52. The van der Waals surface area contributed by atoms with Crippen molar-refractivity contribution in [1.29, 1.82) is 0 Å². The van der Waals surface area contributed by atoms with Crippen LogP contribution in [0.5, 0.6) is 17.2 Å². The van der Waals surface area contributed by atoms with Gasteiger partial charge in [0.05, 0.1) is 18.6 Å². The first-order chi connectivity index (χ1) is 13.6. The van der Waals surface area contributed by atoms with E-state index in [9.17, 15) is 4.79 Å². The van der Waals surface area contributed by atoms with Crippen molar-refractivity contribution >= 4 is 5.97 Å². The topological polar surface area (TPSA) is 79.0 Å². The zero-order valence-electron chi connectivity index (χ0n) is 16.1. The SMILES string of the molecule is COc1c2c(cc3c1OCO3)C13C(OC(C)=O)CN(C2)C1CC(OC)C1OC13. The van der Waals surface area contributed by atoms with Crippen LogP contribution in [0.3, 0.4) is 0 Å². The molecule has 0 aromatic heterocycles. The molecule has 4 aliphatic heterocycles. The van der Waals surface area contributed by atoms with Gasteiger partial charge in [0.2, 0.25) is 12.5 Å². The number of fused-ring (bicyclic) bond motifs is 3. The molecule has 6 rings (SSSR count). The Morgan fingerprint density at radius 3 is 2.93 bits per heavy atom. The second-order valence-electron chi connectivity index (χ2n) is 8.18. The summed E-state index contributed by atoms with van der Waals surface area (Å²) < 4.78 is 34.9. The van der Waals surface area contributed by atoms with Gasteiger partial charge in [0.1, 0.15) is 18.3 Å². The number of methoxy groups -OCH3 is 2. The lowest BCUT2D eigenvalue weighted by Gasteiger charge is -2.47. The quantitative estimate of drug-likeness (QED) is 0.559. The van der Waals surface area contributed by atoms with Crippen LogP contribution in [0.25, 0.3) is 0 Å². The molecule has 2 saturated heterocycles. The number of rotatable bonds is 3. The number of carbonyl (C=O) groups excluding carboxylic acids is 1. The van der Waals surface area contributed by atoms with Gasteiger partial charge in [-0.25, -0.2) is 0 Å². The highest BCUT2D eigenvalue weighted by Crippen LogP contribution is 2.63. The van der Waals surface area contributed by atoms with E-state index in [0.717, 1.165) is 17.5 Å². The predicted octanol–water partition coefficient (Wildman–Crippen LogP) is 0.977. The van der Waals surface area contributed by atoms with E-state index >= 15 is 0 Å². The minimum absolute atomic E-state index is 0.0154. The van der Waals surface area contributed by atoms with E-state index in [4.69, 9.17) is 28.4 Å². The molecule has 1 aromatic rings. The van der Waals surface area contributed by atoms with Crippen LogP contribution in [-0.2, 0) is 31.0 Å². The Bertz CT molecular complexity index is 873. The summed E-state index contributed by atoms with van der Waals surface area (Å²) >= 11 is 0. The largest absolute Gasteiger partial charge is 0.492 e. The fourth-order valence-corrected chi connectivity index (χ4v) is 6.13. The van der Waals surface area contributed by atoms with Gasteiger partial charge >= 0.3 is 5.97 Å². The van der Waals surface area contributed by atoms with Crippen molar-refractivity contribution in [2.75, 3.05) is 27.6 Å². The van der Waals surface area contributed by atoms with Crippen molar-refractivity contribution in [2.45, 2.75) is 55.8 Å². The van der Waals surface area contributed by atoms with Gasteiger partial charge in [0, 0.05) is 38.7 Å². The van der Waals surface area contributed by atoms with Crippen LogP contribution >= 0.6 is 0 Å². The maximum absolute atomic E-state index is 11.9. The highest BCUT2D eigenvalue weighted by Gasteiger charge is 2.75. The zero-order chi connectivity index (χ0) is 19.2. The van der Waals surface area contributed by atoms with Gasteiger partial charge in [-0.1, -0.05) is 0 Å². The summed E-state index contributed by atoms with van der Waals surface area (Å²) in [6.45, 7) is 3.01. The normalized spacial score (nSPS) is 41.0. The number of hydrogen-bond acceptors (Lipinski definition) is 8.